The SMILES string of the molecule is CC(C)(C)OC(=O)N1CCC[C@H]1C(=O)NNC(=O)[C@@H]1CC[C@@H]2CN1C(=O)N2OS(=O)(=O)O.CCCC[N+](CCCC)(CCCC)CCCC. The predicted octanol–water partition coefficient (Wildman–Crippen LogP) is 4.54. The summed E-state index contributed by atoms with van der Waals surface area (Å²) in [4.78, 5) is 52.3. The first-order valence-corrected chi connectivity index (χ1v) is 19.6. The van der Waals surface area contributed by atoms with Gasteiger partial charge in [-0.1, -0.05) is 53.4 Å². The summed E-state index contributed by atoms with van der Waals surface area (Å²) < 4.78 is 41.8. The molecule has 15 nitrogen and oxygen atoms in total. The fraction of sp³-hybridized carbons (Fsp3) is 0.879. The van der Waals surface area contributed by atoms with Crippen molar-refractivity contribution in [3.63, 3.8) is 0 Å². The summed E-state index contributed by atoms with van der Waals surface area (Å²) in [5.41, 5.74) is 3.83. The van der Waals surface area contributed by atoms with Crippen LogP contribution < -0.4 is 10.9 Å². The number of quaternary nitrogens is 1. The number of amides is 5. The Hall–Kier alpha value is -2.69. The first-order chi connectivity index (χ1) is 23.0. The largest absolute Gasteiger partial charge is 0.444 e. The number of carbonyl (C=O) groups is 4. The van der Waals surface area contributed by atoms with Crippen LogP contribution in [0.1, 0.15) is 126 Å². The first kappa shape index (κ1) is 42.5. The van der Waals surface area contributed by atoms with Crippen LogP contribution in [0.4, 0.5) is 9.59 Å². The number of carbonyl (C=O) groups excluding carboxylic acids is 4. The Morgan fingerprint density at radius 3 is 1.78 bits per heavy atom. The van der Waals surface area contributed by atoms with E-state index in [4.69, 9.17) is 9.29 Å². The Bertz CT molecular complexity index is 1160. The third kappa shape index (κ3) is 13.5. The fourth-order valence-electron chi connectivity index (χ4n) is 6.62. The highest BCUT2D eigenvalue weighted by atomic mass is 32.3. The van der Waals surface area contributed by atoms with Gasteiger partial charge in [0, 0.05) is 13.1 Å². The van der Waals surface area contributed by atoms with Crippen molar-refractivity contribution in [3.05, 3.63) is 0 Å². The topological polar surface area (TPSA) is 175 Å². The van der Waals surface area contributed by atoms with Crippen molar-refractivity contribution in [2.24, 2.45) is 0 Å². The summed E-state index contributed by atoms with van der Waals surface area (Å²) in [6, 6.07) is -3.31. The molecule has 3 saturated heterocycles. The molecular formula is C33H63N6O9S+. The zero-order valence-electron chi connectivity index (χ0n) is 30.9. The Kier molecular flexibility index (Phi) is 17.0. The molecule has 3 atom stereocenters. The summed E-state index contributed by atoms with van der Waals surface area (Å²) in [6.07, 6.45) is 11.9. The number of piperidine rings is 1. The number of hydrogen-bond donors (Lipinski definition) is 3. The molecule has 0 aromatic carbocycles. The Morgan fingerprint density at radius 1 is 0.837 bits per heavy atom. The van der Waals surface area contributed by atoms with Gasteiger partial charge in [-0.15, -0.1) is 4.28 Å². The van der Waals surface area contributed by atoms with Gasteiger partial charge in [0.2, 0.25) is 0 Å². The molecule has 3 aliphatic heterocycles. The highest BCUT2D eigenvalue weighted by molar-refractivity contribution is 7.80. The lowest BCUT2D eigenvalue weighted by Crippen LogP contribution is -2.57. The number of ether oxygens (including phenoxy) is 1. The maximum Gasteiger partial charge on any atom is 0.418 e. The van der Waals surface area contributed by atoms with Crippen molar-refractivity contribution in [1.82, 2.24) is 25.7 Å². The number of likely N-dealkylation sites (tertiary alicyclic amines) is 1. The number of rotatable bonds is 16. The lowest BCUT2D eigenvalue weighted by Gasteiger charge is -2.39. The molecule has 3 heterocycles. The van der Waals surface area contributed by atoms with Gasteiger partial charge in [0.1, 0.15) is 17.7 Å². The average molecular weight is 720 g/mol. The Morgan fingerprint density at radius 2 is 1.33 bits per heavy atom. The van der Waals surface area contributed by atoms with E-state index in [0.717, 1.165) is 4.90 Å². The summed E-state index contributed by atoms with van der Waals surface area (Å²) in [5, 5.41) is 0.526. The van der Waals surface area contributed by atoms with Gasteiger partial charge in [-0.05, 0) is 72.1 Å². The molecule has 3 aliphatic rings. The Balaban J connectivity index is 0.000000417. The summed E-state index contributed by atoms with van der Waals surface area (Å²) >= 11 is 0. The van der Waals surface area contributed by atoms with E-state index in [1.165, 1.54) is 86.9 Å². The molecule has 0 aliphatic carbocycles. The number of hydroxylamine groups is 2. The van der Waals surface area contributed by atoms with Crippen LogP contribution >= 0.6 is 0 Å². The molecule has 5 amide bonds. The van der Waals surface area contributed by atoms with Gasteiger partial charge < -0.3 is 14.1 Å². The van der Waals surface area contributed by atoms with Crippen LogP contribution in [0, 0.1) is 0 Å². The molecule has 49 heavy (non-hydrogen) atoms. The minimum absolute atomic E-state index is 0.0232. The number of nitrogens with zero attached hydrogens (tertiary/aromatic N) is 4. The maximum absolute atomic E-state index is 12.6. The number of unbranched alkanes of at least 4 members (excludes halogenated alkanes) is 4. The second kappa shape index (κ2) is 19.6. The van der Waals surface area contributed by atoms with E-state index in [2.05, 4.69) is 42.8 Å². The molecule has 3 N–H and O–H groups in total. The third-order valence-corrected chi connectivity index (χ3v) is 9.59. The zero-order chi connectivity index (χ0) is 36.8. The molecule has 0 saturated carbocycles. The van der Waals surface area contributed by atoms with Crippen LogP contribution in [-0.4, -0.2) is 119 Å². The number of hydrazine groups is 1. The molecule has 0 radical (unpaired) electrons. The van der Waals surface area contributed by atoms with Gasteiger partial charge in [-0.2, -0.15) is 13.5 Å². The van der Waals surface area contributed by atoms with E-state index in [9.17, 15) is 27.6 Å². The number of nitrogens with one attached hydrogen (secondary N) is 2. The van der Waals surface area contributed by atoms with Crippen molar-refractivity contribution in [1.29, 1.82) is 0 Å². The molecule has 3 rings (SSSR count). The fourth-order valence-corrected chi connectivity index (χ4v) is 7.01. The van der Waals surface area contributed by atoms with Gasteiger partial charge in [-0.25, -0.2) is 9.59 Å². The van der Waals surface area contributed by atoms with E-state index in [1.54, 1.807) is 20.8 Å². The number of fused-ring (bicyclic) bond motifs is 2. The Labute approximate surface area is 293 Å². The summed E-state index contributed by atoms with van der Waals surface area (Å²) in [5.74, 6) is -1.28. The van der Waals surface area contributed by atoms with Crippen LogP contribution in [0.3, 0.4) is 0 Å². The lowest BCUT2D eigenvalue weighted by atomic mass is 10.0. The summed E-state index contributed by atoms with van der Waals surface area (Å²) in [7, 11) is -4.89. The minimum Gasteiger partial charge on any atom is -0.444 e. The van der Waals surface area contributed by atoms with E-state index < -0.39 is 58.1 Å². The monoisotopic (exact) mass is 719 g/mol. The minimum atomic E-state index is -4.89. The molecule has 0 unspecified atom stereocenters. The van der Waals surface area contributed by atoms with E-state index in [0.29, 0.717) is 24.4 Å². The van der Waals surface area contributed by atoms with Gasteiger partial charge >= 0.3 is 22.5 Å². The predicted molar refractivity (Wildman–Crippen MR) is 185 cm³/mol. The van der Waals surface area contributed by atoms with Crippen molar-refractivity contribution >= 4 is 34.3 Å². The van der Waals surface area contributed by atoms with Crippen molar-refractivity contribution in [3.8, 4) is 0 Å². The molecule has 2 bridgehead atoms. The van der Waals surface area contributed by atoms with Crippen molar-refractivity contribution in [2.45, 2.75) is 149 Å². The quantitative estimate of drug-likeness (QED) is 0.118. The molecule has 0 aromatic rings. The second-order valence-corrected chi connectivity index (χ2v) is 15.5. The molecule has 3 fully saturated rings. The molecule has 284 valence electrons. The van der Waals surface area contributed by atoms with Crippen LogP contribution in [0.15, 0.2) is 0 Å². The summed E-state index contributed by atoms with van der Waals surface area (Å²) in [6.45, 7) is 20.5. The zero-order valence-corrected chi connectivity index (χ0v) is 31.7. The molecular weight excluding hydrogens is 656 g/mol. The van der Waals surface area contributed by atoms with Crippen LogP contribution in [0.2, 0.25) is 0 Å². The number of hydrogen-bond acceptors (Lipinski definition) is 8. The average Bonchev–Trinajstić information content (AvgIpc) is 3.62. The molecule has 0 spiro atoms. The normalized spacial score (nSPS) is 20.9. The van der Waals surface area contributed by atoms with Crippen LogP contribution in [0.5, 0.6) is 0 Å². The standard InChI is InChI=1S/C17H27N5O9S.C16H36N/c1-17(2,3)30-16(26)20-8-4-5-11(20)13(23)18-19-14(24)12-7-6-10-9-21(12)15(25)22(10)31-32(27,28)29;1-5-9-13-17(14-10-6-2,15-11-7-3)16-12-8-4/h10-12H,4-9H2,1-3H3,(H,18,23)(H,19,24)(H,27,28,29);5-16H2,1-4H3/q;+1/t10-,11+,12+;/m1./s1. The van der Waals surface area contributed by atoms with Gasteiger partial charge in [0.15, 0.2) is 0 Å². The maximum atomic E-state index is 12.6. The van der Waals surface area contributed by atoms with Crippen molar-refractivity contribution < 1.29 is 45.7 Å². The van der Waals surface area contributed by atoms with E-state index in [-0.39, 0.29) is 19.4 Å². The number of urea groups is 1. The van der Waals surface area contributed by atoms with Gasteiger partial charge in [0.05, 0.1) is 32.2 Å². The lowest BCUT2D eigenvalue weighted by molar-refractivity contribution is -0.929. The highest BCUT2D eigenvalue weighted by Gasteiger charge is 2.49. The van der Waals surface area contributed by atoms with E-state index >= 15 is 0 Å². The molecule has 0 aromatic heterocycles. The van der Waals surface area contributed by atoms with E-state index in [1.807, 2.05) is 0 Å². The van der Waals surface area contributed by atoms with Crippen molar-refractivity contribution in [2.75, 3.05) is 39.3 Å². The highest BCUT2D eigenvalue weighted by Crippen LogP contribution is 2.30. The molecule has 16 heteroatoms. The van der Waals surface area contributed by atoms with Gasteiger partial charge in [0.25, 0.3) is 11.8 Å². The first-order valence-electron chi connectivity index (χ1n) is 18.2. The smallest absolute Gasteiger partial charge is 0.418 e. The van der Waals surface area contributed by atoms with Crippen LogP contribution in [0.25, 0.3) is 0 Å². The van der Waals surface area contributed by atoms with Gasteiger partial charge in [-0.3, -0.25) is 29.9 Å². The third-order valence-electron chi connectivity index (χ3n) is 9.24. The van der Waals surface area contributed by atoms with Crippen LogP contribution in [-0.2, 0) is 29.0 Å². The second-order valence-electron chi connectivity index (χ2n) is 14.5.